The van der Waals surface area contributed by atoms with Crippen LogP contribution in [-0.4, -0.2) is 36.2 Å². The maximum absolute atomic E-state index is 13.7. The number of rotatable bonds is 4. The summed E-state index contributed by atoms with van der Waals surface area (Å²) in [5, 5.41) is 0.361. The molecule has 0 radical (unpaired) electrons. The highest BCUT2D eigenvalue weighted by Gasteiger charge is 2.15. The highest BCUT2D eigenvalue weighted by atomic mass is 35.5. The van der Waals surface area contributed by atoms with E-state index in [1.54, 1.807) is 12.1 Å². The summed E-state index contributed by atoms with van der Waals surface area (Å²) < 4.78 is 24.7. The van der Waals surface area contributed by atoms with Gasteiger partial charge in [0.05, 0.1) is 18.2 Å². The second-order valence-corrected chi connectivity index (χ2v) is 6.21. The number of nitrogens with zero attached hydrogens (tertiary/aromatic N) is 1. The largest absolute Gasteiger partial charge is 0.489 e. The Morgan fingerprint density at radius 1 is 1.17 bits per heavy atom. The zero-order valence-corrected chi connectivity index (χ0v) is 14.6. The second-order valence-electron chi connectivity index (χ2n) is 5.42. The number of halogens is 2. The SMILES string of the molecule is Fc1cccc(Cl)c1COc1ccc(C(=S)N2CCOCC2)cc1. The van der Waals surface area contributed by atoms with E-state index in [9.17, 15) is 4.39 Å². The molecule has 1 aliphatic rings. The molecule has 0 saturated carbocycles. The molecule has 0 bridgehead atoms. The van der Waals surface area contributed by atoms with Crippen LogP contribution in [0.25, 0.3) is 0 Å². The molecule has 0 unspecified atom stereocenters. The van der Waals surface area contributed by atoms with Crippen molar-refractivity contribution in [2.75, 3.05) is 26.3 Å². The standard InChI is InChI=1S/C18H17ClFNO2S/c19-16-2-1-3-17(20)15(16)12-23-14-6-4-13(5-7-14)18(24)21-8-10-22-11-9-21/h1-7H,8-12H2. The summed E-state index contributed by atoms with van der Waals surface area (Å²) in [7, 11) is 0. The van der Waals surface area contributed by atoms with E-state index in [2.05, 4.69) is 4.90 Å². The highest BCUT2D eigenvalue weighted by Crippen LogP contribution is 2.22. The first kappa shape index (κ1) is 17.1. The van der Waals surface area contributed by atoms with Crippen LogP contribution in [0.2, 0.25) is 5.02 Å². The van der Waals surface area contributed by atoms with Gasteiger partial charge in [0.15, 0.2) is 0 Å². The van der Waals surface area contributed by atoms with Gasteiger partial charge in [-0.05, 0) is 36.4 Å². The van der Waals surface area contributed by atoms with E-state index in [1.807, 2.05) is 24.3 Å². The molecule has 3 rings (SSSR count). The fourth-order valence-corrected chi connectivity index (χ4v) is 3.00. The highest BCUT2D eigenvalue weighted by molar-refractivity contribution is 7.80. The maximum atomic E-state index is 13.7. The van der Waals surface area contributed by atoms with Crippen molar-refractivity contribution in [2.45, 2.75) is 6.61 Å². The van der Waals surface area contributed by atoms with Crippen LogP contribution in [0.4, 0.5) is 4.39 Å². The Hall–Kier alpha value is -1.69. The Morgan fingerprint density at radius 3 is 2.54 bits per heavy atom. The van der Waals surface area contributed by atoms with E-state index in [0.29, 0.717) is 29.5 Å². The third kappa shape index (κ3) is 4.04. The van der Waals surface area contributed by atoms with Crippen LogP contribution in [0, 0.1) is 5.82 Å². The first-order chi connectivity index (χ1) is 11.6. The molecule has 2 aromatic rings. The monoisotopic (exact) mass is 365 g/mol. The second kappa shape index (κ2) is 7.92. The van der Waals surface area contributed by atoms with Crippen molar-refractivity contribution in [3.8, 4) is 5.75 Å². The van der Waals surface area contributed by atoms with E-state index in [-0.39, 0.29) is 12.4 Å². The molecule has 1 saturated heterocycles. The molecule has 1 heterocycles. The predicted octanol–water partition coefficient (Wildman–Crippen LogP) is 4.07. The normalized spacial score (nSPS) is 14.5. The maximum Gasteiger partial charge on any atom is 0.131 e. The molecule has 0 N–H and O–H groups in total. The van der Waals surface area contributed by atoms with Crippen molar-refractivity contribution in [3.63, 3.8) is 0 Å². The molecular formula is C18H17ClFNO2S. The molecule has 1 fully saturated rings. The Labute approximate surface area is 150 Å². The predicted molar refractivity (Wildman–Crippen MR) is 96.3 cm³/mol. The number of hydrogen-bond donors (Lipinski definition) is 0. The first-order valence-electron chi connectivity index (χ1n) is 7.68. The van der Waals surface area contributed by atoms with Crippen LogP contribution < -0.4 is 4.74 Å². The number of thiocarbonyl (C=S) groups is 1. The number of ether oxygens (including phenoxy) is 2. The summed E-state index contributed by atoms with van der Waals surface area (Å²) in [6.07, 6.45) is 0. The summed E-state index contributed by atoms with van der Waals surface area (Å²) in [4.78, 5) is 2.94. The van der Waals surface area contributed by atoms with E-state index in [4.69, 9.17) is 33.3 Å². The van der Waals surface area contributed by atoms with Gasteiger partial charge in [-0.15, -0.1) is 0 Å². The lowest BCUT2D eigenvalue weighted by Crippen LogP contribution is -2.40. The summed E-state index contributed by atoms with van der Waals surface area (Å²) in [5.74, 6) is 0.274. The first-order valence-corrected chi connectivity index (χ1v) is 8.46. The van der Waals surface area contributed by atoms with Crippen molar-refractivity contribution in [2.24, 2.45) is 0 Å². The fraction of sp³-hybridized carbons (Fsp3) is 0.278. The number of hydrogen-bond acceptors (Lipinski definition) is 3. The van der Waals surface area contributed by atoms with Crippen LogP contribution in [0.3, 0.4) is 0 Å². The Balaban J connectivity index is 1.63. The molecule has 3 nitrogen and oxygen atoms in total. The summed E-state index contributed by atoms with van der Waals surface area (Å²) in [6.45, 7) is 3.10. The lowest BCUT2D eigenvalue weighted by atomic mass is 10.2. The van der Waals surface area contributed by atoms with Gasteiger partial charge < -0.3 is 14.4 Å². The Bertz CT molecular complexity index is 697. The molecule has 6 heteroatoms. The average molecular weight is 366 g/mol. The van der Waals surface area contributed by atoms with Crippen molar-refractivity contribution >= 4 is 28.8 Å². The lowest BCUT2D eigenvalue weighted by molar-refractivity contribution is 0.0693. The average Bonchev–Trinajstić information content (AvgIpc) is 2.62. The van der Waals surface area contributed by atoms with Gasteiger partial charge in [0.25, 0.3) is 0 Å². The molecule has 0 amide bonds. The van der Waals surface area contributed by atoms with Gasteiger partial charge in [-0.1, -0.05) is 29.9 Å². The van der Waals surface area contributed by atoms with Gasteiger partial charge in [0.2, 0.25) is 0 Å². The molecule has 24 heavy (non-hydrogen) atoms. The molecule has 0 spiro atoms. The van der Waals surface area contributed by atoms with Crippen LogP contribution in [-0.2, 0) is 11.3 Å². The van der Waals surface area contributed by atoms with Gasteiger partial charge in [-0.3, -0.25) is 0 Å². The minimum Gasteiger partial charge on any atom is -0.489 e. The molecule has 126 valence electrons. The van der Waals surface area contributed by atoms with E-state index < -0.39 is 0 Å². The Morgan fingerprint density at radius 2 is 1.88 bits per heavy atom. The smallest absolute Gasteiger partial charge is 0.131 e. The van der Waals surface area contributed by atoms with Gasteiger partial charge in [0.1, 0.15) is 23.2 Å². The minimum atomic E-state index is -0.368. The van der Waals surface area contributed by atoms with Gasteiger partial charge >= 0.3 is 0 Å². The van der Waals surface area contributed by atoms with Crippen molar-refractivity contribution in [1.82, 2.24) is 4.90 Å². The topological polar surface area (TPSA) is 21.7 Å². The zero-order chi connectivity index (χ0) is 16.9. The fourth-order valence-electron chi connectivity index (χ4n) is 2.47. The molecular weight excluding hydrogens is 349 g/mol. The minimum absolute atomic E-state index is 0.0821. The third-order valence-electron chi connectivity index (χ3n) is 3.84. The Kier molecular flexibility index (Phi) is 5.66. The van der Waals surface area contributed by atoms with Gasteiger partial charge in [-0.2, -0.15) is 0 Å². The molecule has 0 aliphatic carbocycles. The van der Waals surface area contributed by atoms with Crippen molar-refractivity contribution in [1.29, 1.82) is 0 Å². The van der Waals surface area contributed by atoms with Crippen molar-refractivity contribution in [3.05, 3.63) is 64.4 Å². The third-order valence-corrected chi connectivity index (χ3v) is 4.69. The van der Waals surface area contributed by atoms with Gasteiger partial charge in [-0.25, -0.2) is 4.39 Å². The van der Waals surface area contributed by atoms with Crippen molar-refractivity contribution < 1.29 is 13.9 Å². The summed E-state index contributed by atoms with van der Waals surface area (Å²) in [6, 6.07) is 12.1. The van der Waals surface area contributed by atoms with E-state index in [1.165, 1.54) is 6.07 Å². The number of morpholine rings is 1. The number of benzene rings is 2. The van der Waals surface area contributed by atoms with Crippen LogP contribution in [0.15, 0.2) is 42.5 Å². The molecule has 0 atom stereocenters. The summed E-state index contributed by atoms with van der Waals surface area (Å²) in [5.41, 5.74) is 1.32. The van der Waals surface area contributed by atoms with E-state index >= 15 is 0 Å². The van der Waals surface area contributed by atoms with Crippen LogP contribution in [0.1, 0.15) is 11.1 Å². The molecule has 1 aliphatic heterocycles. The zero-order valence-electron chi connectivity index (χ0n) is 13.0. The van der Waals surface area contributed by atoms with Crippen LogP contribution >= 0.6 is 23.8 Å². The molecule has 0 aromatic heterocycles. The molecule has 2 aromatic carbocycles. The lowest BCUT2D eigenvalue weighted by Gasteiger charge is -2.29. The van der Waals surface area contributed by atoms with Crippen LogP contribution in [0.5, 0.6) is 5.75 Å². The van der Waals surface area contributed by atoms with Gasteiger partial charge in [0, 0.05) is 24.2 Å². The quantitative estimate of drug-likeness (QED) is 0.761. The van der Waals surface area contributed by atoms with E-state index in [0.717, 1.165) is 23.6 Å². The summed E-state index contributed by atoms with van der Waals surface area (Å²) >= 11 is 11.5.